The molecule has 0 radical (unpaired) electrons. The zero-order chi connectivity index (χ0) is 14.7. The van der Waals surface area contributed by atoms with Crippen LogP contribution >= 0.6 is 0 Å². The lowest BCUT2D eigenvalue weighted by atomic mass is 9.98. The molecule has 4 heteroatoms. The second-order valence-corrected chi connectivity index (χ2v) is 4.86. The molecule has 106 valence electrons. The van der Waals surface area contributed by atoms with Crippen LogP contribution in [0.4, 0.5) is 8.78 Å². The molecule has 0 spiro atoms. The van der Waals surface area contributed by atoms with Crippen LogP contribution in [0.5, 0.6) is 5.75 Å². The predicted octanol–water partition coefficient (Wildman–Crippen LogP) is 3.80. The summed E-state index contributed by atoms with van der Waals surface area (Å²) in [7, 11) is 0. The van der Waals surface area contributed by atoms with Crippen LogP contribution in [0.3, 0.4) is 0 Å². The molecule has 0 fully saturated rings. The lowest BCUT2D eigenvalue weighted by Crippen LogP contribution is -2.15. The van der Waals surface area contributed by atoms with Gasteiger partial charge < -0.3 is 10.5 Å². The minimum absolute atomic E-state index is 0.00769. The average molecular weight is 277 g/mol. The Morgan fingerprint density at radius 3 is 2.35 bits per heavy atom. The van der Waals surface area contributed by atoms with Crippen LogP contribution in [0, 0.1) is 11.6 Å². The summed E-state index contributed by atoms with van der Waals surface area (Å²) >= 11 is 0. The highest BCUT2D eigenvalue weighted by Gasteiger charge is 2.16. The molecule has 0 saturated carbocycles. The SMILES string of the molecule is CC(C)Oc1ccccc1C(N)c1ccc(F)c(F)c1. The molecule has 2 nitrogen and oxygen atoms in total. The van der Waals surface area contributed by atoms with Crippen molar-refractivity contribution in [3.63, 3.8) is 0 Å². The van der Waals surface area contributed by atoms with E-state index in [1.807, 2.05) is 38.1 Å². The summed E-state index contributed by atoms with van der Waals surface area (Å²) in [5, 5.41) is 0. The maximum Gasteiger partial charge on any atom is 0.159 e. The fraction of sp³-hybridized carbons (Fsp3) is 0.250. The van der Waals surface area contributed by atoms with Gasteiger partial charge in [0.15, 0.2) is 11.6 Å². The standard InChI is InChI=1S/C16H17F2NO/c1-10(2)20-15-6-4-3-5-12(15)16(19)11-7-8-13(17)14(18)9-11/h3-10,16H,19H2,1-2H3. The number of ether oxygens (including phenoxy) is 1. The average Bonchev–Trinajstić information content (AvgIpc) is 2.41. The molecular formula is C16H17F2NO. The smallest absolute Gasteiger partial charge is 0.159 e. The van der Waals surface area contributed by atoms with Crippen molar-refractivity contribution in [1.82, 2.24) is 0 Å². The summed E-state index contributed by atoms with van der Waals surface area (Å²) < 4.78 is 32.0. The van der Waals surface area contributed by atoms with E-state index in [0.29, 0.717) is 11.3 Å². The minimum atomic E-state index is -0.903. The van der Waals surface area contributed by atoms with Gasteiger partial charge in [-0.3, -0.25) is 0 Å². The number of hydrogen-bond donors (Lipinski definition) is 1. The van der Waals surface area contributed by atoms with Gasteiger partial charge in [-0.25, -0.2) is 8.78 Å². The fourth-order valence-corrected chi connectivity index (χ4v) is 1.98. The third-order valence-corrected chi connectivity index (χ3v) is 2.92. The van der Waals surface area contributed by atoms with Gasteiger partial charge in [0, 0.05) is 5.56 Å². The summed E-state index contributed by atoms with van der Waals surface area (Å²) in [5.41, 5.74) is 7.39. The lowest BCUT2D eigenvalue weighted by molar-refractivity contribution is 0.239. The van der Waals surface area contributed by atoms with Gasteiger partial charge in [0.1, 0.15) is 5.75 Å². The van der Waals surface area contributed by atoms with E-state index in [0.717, 1.165) is 17.7 Å². The molecule has 0 amide bonds. The maximum absolute atomic E-state index is 13.3. The van der Waals surface area contributed by atoms with Crippen LogP contribution in [-0.4, -0.2) is 6.10 Å². The van der Waals surface area contributed by atoms with E-state index in [1.165, 1.54) is 6.07 Å². The van der Waals surface area contributed by atoms with E-state index < -0.39 is 17.7 Å². The molecule has 0 aromatic heterocycles. The highest BCUT2D eigenvalue weighted by molar-refractivity contribution is 5.41. The molecule has 0 aliphatic heterocycles. The van der Waals surface area contributed by atoms with E-state index in [2.05, 4.69) is 0 Å². The van der Waals surface area contributed by atoms with Gasteiger partial charge in [-0.15, -0.1) is 0 Å². The molecule has 0 aliphatic rings. The van der Waals surface area contributed by atoms with Gasteiger partial charge in [0.05, 0.1) is 12.1 Å². The number of para-hydroxylation sites is 1. The Hall–Kier alpha value is -1.94. The Kier molecular flexibility index (Phi) is 4.35. The van der Waals surface area contributed by atoms with E-state index in [9.17, 15) is 8.78 Å². The summed E-state index contributed by atoms with van der Waals surface area (Å²) in [6.45, 7) is 3.83. The van der Waals surface area contributed by atoms with Crippen molar-refractivity contribution in [3.8, 4) is 5.75 Å². The first kappa shape index (κ1) is 14.5. The quantitative estimate of drug-likeness (QED) is 0.922. The Morgan fingerprint density at radius 2 is 1.70 bits per heavy atom. The topological polar surface area (TPSA) is 35.2 Å². The summed E-state index contributed by atoms with van der Waals surface area (Å²) in [6, 6.07) is 10.4. The van der Waals surface area contributed by atoms with Gasteiger partial charge >= 0.3 is 0 Å². The molecule has 1 unspecified atom stereocenters. The normalized spacial score (nSPS) is 12.5. The van der Waals surface area contributed by atoms with Crippen LogP contribution < -0.4 is 10.5 Å². The Labute approximate surface area is 117 Å². The molecule has 2 rings (SSSR count). The van der Waals surface area contributed by atoms with Crippen LogP contribution in [-0.2, 0) is 0 Å². The van der Waals surface area contributed by atoms with Crippen molar-refractivity contribution in [1.29, 1.82) is 0 Å². The minimum Gasteiger partial charge on any atom is -0.491 e. The summed E-state index contributed by atoms with van der Waals surface area (Å²) in [5.74, 6) is -1.13. The number of hydrogen-bond acceptors (Lipinski definition) is 2. The molecule has 0 heterocycles. The van der Waals surface area contributed by atoms with Crippen molar-refractivity contribution in [2.24, 2.45) is 5.73 Å². The van der Waals surface area contributed by atoms with Crippen LogP contribution in [0.15, 0.2) is 42.5 Å². The highest BCUT2D eigenvalue weighted by atomic mass is 19.2. The summed E-state index contributed by atoms with van der Waals surface area (Å²) in [4.78, 5) is 0. The van der Waals surface area contributed by atoms with Gasteiger partial charge in [-0.1, -0.05) is 24.3 Å². The number of benzene rings is 2. The number of rotatable bonds is 4. The molecule has 1 atom stereocenters. The molecule has 0 bridgehead atoms. The zero-order valence-corrected chi connectivity index (χ0v) is 11.4. The Balaban J connectivity index is 2.37. The van der Waals surface area contributed by atoms with Crippen LogP contribution in [0.25, 0.3) is 0 Å². The zero-order valence-electron chi connectivity index (χ0n) is 11.4. The van der Waals surface area contributed by atoms with E-state index in [4.69, 9.17) is 10.5 Å². The maximum atomic E-state index is 13.3. The van der Waals surface area contributed by atoms with E-state index in [-0.39, 0.29) is 6.10 Å². The monoisotopic (exact) mass is 277 g/mol. The molecule has 2 N–H and O–H groups in total. The Bertz CT molecular complexity index is 599. The lowest BCUT2D eigenvalue weighted by Gasteiger charge is -2.19. The van der Waals surface area contributed by atoms with Crippen molar-refractivity contribution < 1.29 is 13.5 Å². The van der Waals surface area contributed by atoms with Gasteiger partial charge in [0.2, 0.25) is 0 Å². The fourth-order valence-electron chi connectivity index (χ4n) is 1.98. The molecule has 20 heavy (non-hydrogen) atoms. The third-order valence-electron chi connectivity index (χ3n) is 2.92. The highest BCUT2D eigenvalue weighted by Crippen LogP contribution is 2.29. The third kappa shape index (κ3) is 3.14. The second-order valence-electron chi connectivity index (χ2n) is 4.86. The van der Waals surface area contributed by atoms with Crippen molar-refractivity contribution in [3.05, 3.63) is 65.2 Å². The van der Waals surface area contributed by atoms with E-state index >= 15 is 0 Å². The van der Waals surface area contributed by atoms with Gasteiger partial charge in [0.25, 0.3) is 0 Å². The van der Waals surface area contributed by atoms with Gasteiger partial charge in [-0.05, 0) is 37.6 Å². The first-order valence-electron chi connectivity index (χ1n) is 6.45. The van der Waals surface area contributed by atoms with Crippen LogP contribution in [0.1, 0.15) is 31.0 Å². The van der Waals surface area contributed by atoms with Crippen molar-refractivity contribution >= 4 is 0 Å². The largest absolute Gasteiger partial charge is 0.491 e. The van der Waals surface area contributed by atoms with Crippen LogP contribution in [0.2, 0.25) is 0 Å². The first-order valence-corrected chi connectivity index (χ1v) is 6.45. The van der Waals surface area contributed by atoms with E-state index in [1.54, 1.807) is 0 Å². The van der Waals surface area contributed by atoms with Gasteiger partial charge in [-0.2, -0.15) is 0 Å². The molecule has 2 aromatic carbocycles. The molecule has 0 saturated heterocycles. The molecule has 2 aromatic rings. The van der Waals surface area contributed by atoms with Crippen molar-refractivity contribution in [2.75, 3.05) is 0 Å². The predicted molar refractivity (Wildman–Crippen MR) is 74.6 cm³/mol. The summed E-state index contributed by atoms with van der Waals surface area (Å²) in [6.07, 6.45) is 0.00769. The first-order chi connectivity index (χ1) is 9.49. The molecular weight excluding hydrogens is 260 g/mol. The van der Waals surface area contributed by atoms with Crippen molar-refractivity contribution in [2.45, 2.75) is 26.0 Å². The second kappa shape index (κ2) is 6.01. The number of nitrogens with two attached hydrogens (primary N) is 1. The molecule has 0 aliphatic carbocycles. The number of halogens is 2. The Morgan fingerprint density at radius 1 is 1.00 bits per heavy atom.